The predicted molar refractivity (Wildman–Crippen MR) is 199 cm³/mol. The number of aliphatic hydroxyl groups excluding tert-OH is 1. The summed E-state index contributed by atoms with van der Waals surface area (Å²) in [5.74, 6) is -1.12. The van der Waals surface area contributed by atoms with Crippen LogP contribution in [0.25, 0.3) is 10.9 Å². The Kier molecular flexibility index (Phi) is 13.3. The van der Waals surface area contributed by atoms with Crippen LogP contribution in [0.3, 0.4) is 0 Å². The maximum atomic E-state index is 15.0. The van der Waals surface area contributed by atoms with Crippen LogP contribution < -0.4 is 20.9 Å². The number of benzene rings is 3. The molecule has 3 saturated heterocycles. The number of carbonyl (C=O) groups excluding carboxylic acids is 1. The summed E-state index contributed by atoms with van der Waals surface area (Å²) in [4.78, 5) is 29.7. The largest absolute Gasteiger partial charge is 0.506 e. The molecule has 1 amide bonds. The molecule has 0 spiro atoms. The van der Waals surface area contributed by atoms with E-state index in [2.05, 4.69) is 20.5 Å². The van der Waals surface area contributed by atoms with Crippen molar-refractivity contribution < 1.29 is 33.3 Å². The third-order valence-electron chi connectivity index (χ3n) is 10.5. The quantitative estimate of drug-likeness (QED) is 0.0701. The van der Waals surface area contributed by atoms with Crippen LogP contribution in [0.4, 0.5) is 13.6 Å². The van der Waals surface area contributed by atoms with Crippen molar-refractivity contribution in [3.05, 3.63) is 105 Å². The number of fused-ring (bicyclic) bond motifs is 4. The van der Waals surface area contributed by atoms with Crippen molar-refractivity contribution in [2.45, 2.75) is 76.0 Å². The van der Waals surface area contributed by atoms with Gasteiger partial charge in [0.1, 0.15) is 17.6 Å². The highest BCUT2D eigenvalue weighted by Crippen LogP contribution is 2.32. The summed E-state index contributed by atoms with van der Waals surface area (Å²) in [5, 5.41) is 27.5. The van der Waals surface area contributed by atoms with E-state index in [4.69, 9.17) is 9.47 Å². The number of hydrogen-bond donors (Lipinski definition) is 5. The second-order valence-corrected chi connectivity index (χ2v) is 14.2. The molecule has 3 aliphatic heterocycles. The molecular weight excluding hydrogens is 682 g/mol. The second-order valence-electron chi connectivity index (χ2n) is 14.2. The number of phenolic OH excluding ortho intramolecular Hbond substituents is 1. The number of ether oxygens (including phenoxy) is 2. The highest BCUT2D eigenvalue weighted by molar-refractivity contribution is 5.87. The Bertz CT molecular complexity index is 1880. The molecule has 0 aliphatic carbocycles. The molecule has 284 valence electrons. The van der Waals surface area contributed by atoms with Crippen molar-refractivity contribution in [1.82, 2.24) is 20.5 Å². The van der Waals surface area contributed by atoms with Gasteiger partial charge < -0.3 is 35.3 Å². The molecule has 0 saturated carbocycles. The first-order valence-electron chi connectivity index (χ1n) is 18.9. The lowest BCUT2D eigenvalue weighted by molar-refractivity contribution is -0.0336. The van der Waals surface area contributed by atoms with Crippen molar-refractivity contribution in [2.75, 3.05) is 39.3 Å². The normalized spacial score (nSPS) is 19.2. The fourth-order valence-corrected chi connectivity index (χ4v) is 7.53. The molecule has 3 aromatic carbocycles. The Hall–Kier alpha value is -4.52. The van der Waals surface area contributed by atoms with Crippen LogP contribution in [-0.2, 0) is 4.74 Å². The lowest BCUT2D eigenvalue weighted by Crippen LogP contribution is -2.52. The number of amides is 1. The number of nitrogens with one attached hydrogen (secondary N) is 3. The fraction of sp³-hybridized carbons (Fsp3) is 0.463. The van der Waals surface area contributed by atoms with Gasteiger partial charge in [0.25, 0.3) is 0 Å². The number of rotatable bonds is 18. The molecule has 4 aromatic rings. The molecule has 1 aromatic heterocycles. The average Bonchev–Trinajstić information content (AvgIpc) is 3.16. The summed E-state index contributed by atoms with van der Waals surface area (Å²) in [6.07, 6.45) is 7.57. The van der Waals surface area contributed by atoms with Gasteiger partial charge in [-0.2, -0.15) is 0 Å². The van der Waals surface area contributed by atoms with E-state index in [-0.39, 0.29) is 23.0 Å². The fourth-order valence-electron chi connectivity index (χ4n) is 7.53. The molecule has 2 bridgehead atoms. The molecule has 7 rings (SSSR count). The summed E-state index contributed by atoms with van der Waals surface area (Å²) < 4.78 is 41.2. The molecule has 5 N–H and O–H groups in total. The van der Waals surface area contributed by atoms with E-state index >= 15 is 4.39 Å². The Balaban J connectivity index is 0.889. The first-order chi connectivity index (χ1) is 25.8. The molecule has 12 heteroatoms. The molecular formula is C41H50F2N4O6. The van der Waals surface area contributed by atoms with E-state index in [9.17, 15) is 24.2 Å². The Labute approximate surface area is 308 Å². The van der Waals surface area contributed by atoms with E-state index in [0.717, 1.165) is 83.5 Å². The van der Waals surface area contributed by atoms with Crippen LogP contribution in [-0.4, -0.2) is 71.6 Å². The zero-order chi connectivity index (χ0) is 37.2. The van der Waals surface area contributed by atoms with Crippen molar-refractivity contribution >= 4 is 17.0 Å². The second kappa shape index (κ2) is 18.5. The Morgan fingerprint density at radius 3 is 2.45 bits per heavy atom. The summed E-state index contributed by atoms with van der Waals surface area (Å²) in [5.41, 5.74) is 1.24. The minimum absolute atomic E-state index is 0.0174. The lowest BCUT2D eigenvalue weighted by atomic mass is 9.86. The number of halogens is 2. The molecule has 0 radical (unpaired) electrons. The molecule has 3 fully saturated rings. The van der Waals surface area contributed by atoms with Crippen molar-refractivity contribution in [3.63, 3.8) is 0 Å². The summed E-state index contributed by atoms with van der Waals surface area (Å²) in [7, 11) is 0. The van der Waals surface area contributed by atoms with Crippen LogP contribution in [0.15, 0.2) is 71.5 Å². The number of hydrogen-bond acceptors (Lipinski definition) is 8. The number of alkyl carbamates (subject to hydrolysis) is 1. The zero-order valence-electron chi connectivity index (χ0n) is 30.0. The van der Waals surface area contributed by atoms with E-state index in [0.29, 0.717) is 53.4 Å². The number of piperidine rings is 3. The number of phenols is 1. The third kappa shape index (κ3) is 10.1. The zero-order valence-corrected chi connectivity index (χ0v) is 30.0. The first-order valence-corrected chi connectivity index (χ1v) is 18.9. The van der Waals surface area contributed by atoms with Gasteiger partial charge in [0.05, 0.1) is 24.3 Å². The SMILES string of the molecule is O=C(NC(c1cccc(OCCCCCCCCCNCC(O)c2ccc(O)c3[nH]c(=O)ccc23)c1)c1cccc(F)c1F)OC1CN2CCC1CC2. The number of aromatic amines is 1. The highest BCUT2D eigenvalue weighted by Gasteiger charge is 2.37. The van der Waals surface area contributed by atoms with E-state index in [1.165, 1.54) is 24.3 Å². The minimum atomic E-state index is -1.01. The van der Waals surface area contributed by atoms with Crippen molar-refractivity contribution in [1.29, 1.82) is 0 Å². The molecule has 53 heavy (non-hydrogen) atoms. The van der Waals surface area contributed by atoms with Gasteiger partial charge >= 0.3 is 6.09 Å². The summed E-state index contributed by atoms with van der Waals surface area (Å²) in [6.45, 7) is 4.37. The summed E-state index contributed by atoms with van der Waals surface area (Å²) in [6, 6.07) is 16.3. The van der Waals surface area contributed by atoms with Crippen LogP contribution in [0.1, 0.15) is 86.6 Å². The number of aromatic hydroxyl groups is 1. The molecule has 3 unspecified atom stereocenters. The van der Waals surface area contributed by atoms with Crippen LogP contribution in [0.2, 0.25) is 0 Å². The number of H-pyrrole nitrogens is 1. The average molecular weight is 733 g/mol. The van der Waals surface area contributed by atoms with Crippen molar-refractivity contribution in [2.24, 2.45) is 5.92 Å². The number of nitrogens with zero attached hydrogens (tertiary/aromatic N) is 1. The first kappa shape index (κ1) is 38.2. The predicted octanol–water partition coefficient (Wildman–Crippen LogP) is 6.85. The molecule has 3 aliphatic rings. The minimum Gasteiger partial charge on any atom is -0.506 e. The number of pyridine rings is 1. The van der Waals surface area contributed by atoms with Crippen LogP contribution >= 0.6 is 0 Å². The standard InChI is InChI=1S/C41H50F2N4O6/c42-33-13-9-12-32(38(33)43)39(46-41(51)53-36-26-47-21-18-27(36)19-22-47)28-10-8-11-29(24-28)52-23-7-5-3-1-2-4-6-20-44-25-35(49)30-14-16-34(48)40-31(30)15-17-37(50)45-40/h8-17,24,27,35-36,39,44,48-49H,1-7,18-23,25-26H2,(H,45,50)(H,46,51). The van der Waals surface area contributed by atoms with Crippen LogP contribution in [0, 0.1) is 17.6 Å². The van der Waals surface area contributed by atoms with Gasteiger partial charge in [-0.1, -0.05) is 62.4 Å². The highest BCUT2D eigenvalue weighted by atomic mass is 19.2. The number of unbranched alkanes of at least 4 members (excludes halogenated alkanes) is 6. The molecule has 3 atom stereocenters. The number of aromatic nitrogens is 1. The molecule has 4 heterocycles. The summed E-state index contributed by atoms with van der Waals surface area (Å²) >= 11 is 0. The molecule has 10 nitrogen and oxygen atoms in total. The third-order valence-corrected chi connectivity index (χ3v) is 10.5. The van der Waals surface area contributed by atoms with Gasteiger partial charge in [-0.05, 0) is 92.7 Å². The van der Waals surface area contributed by atoms with Gasteiger partial charge in [0, 0.05) is 30.1 Å². The van der Waals surface area contributed by atoms with Gasteiger partial charge in [-0.25, -0.2) is 13.6 Å². The Morgan fingerprint density at radius 2 is 1.68 bits per heavy atom. The maximum Gasteiger partial charge on any atom is 0.408 e. The lowest BCUT2D eigenvalue weighted by Gasteiger charge is -2.43. The number of carbonyl (C=O) groups is 1. The van der Waals surface area contributed by atoms with E-state index in [1.54, 1.807) is 30.3 Å². The van der Waals surface area contributed by atoms with E-state index < -0.39 is 29.9 Å². The van der Waals surface area contributed by atoms with Gasteiger partial charge in [-0.15, -0.1) is 0 Å². The number of aliphatic hydroxyl groups is 1. The maximum absolute atomic E-state index is 15.0. The smallest absolute Gasteiger partial charge is 0.408 e. The van der Waals surface area contributed by atoms with E-state index in [1.807, 2.05) is 6.07 Å². The Morgan fingerprint density at radius 1 is 0.925 bits per heavy atom. The monoisotopic (exact) mass is 732 g/mol. The van der Waals surface area contributed by atoms with Gasteiger partial charge in [0.15, 0.2) is 11.6 Å². The van der Waals surface area contributed by atoms with Crippen molar-refractivity contribution in [3.8, 4) is 11.5 Å². The van der Waals surface area contributed by atoms with Crippen LogP contribution in [0.5, 0.6) is 11.5 Å². The van der Waals surface area contributed by atoms with Gasteiger partial charge in [0.2, 0.25) is 5.56 Å². The topological polar surface area (TPSA) is 136 Å². The van der Waals surface area contributed by atoms with Gasteiger partial charge in [-0.3, -0.25) is 9.69 Å².